The van der Waals surface area contributed by atoms with Gasteiger partial charge in [0.25, 0.3) is 5.91 Å². The van der Waals surface area contributed by atoms with Crippen molar-refractivity contribution in [3.05, 3.63) is 29.8 Å². The van der Waals surface area contributed by atoms with E-state index in [-0.39, 0.29) is 18.2 Å². The fraction of sp³-hybridized carbons (Fsp3) is 0.438. The first-order valence-corrected chi connectivity index (χ1v) is 7.69. The van der Waals surface area contributed by atoms with E-state index in [1.165, 1.54) is 0 Å². The fourth-order valence-electron chi connectivity index (χ4n) is 2.61. The lowest BCUT2D eigenvalue weighted by molar-refractivity contribution is -0.129. The molecule has 0 fully saturated rings. The number of nitrogens with one attached hydrogen (secondary N) is 2. The van der Waals surface area contributed by atoms with Crippen LogP contribution in [0.4, 0.5) is 5.69 Å². The number of unbranched alkanes of at least 4 members (excludes halogenated alkanes) is 2. The zero-order valence-corrected chi connectivity index (χ0v) is 13.0. The molecule has 0 spiro atoms. The van der Waals surface area contributed by atoms with E-state index in [1.807, 2.05) is 0 Å². The number of nitrogens with zero attached hydrogens (tertiary/aromatic N) is 1. The highest BCUT2D eigenvalue weighted by Gasteiger charge is 2.30. The second-order valence-electron chi connectivity index (χ2n) is 5.55. The van der Waals surface area contributed by atoms with Gasteiger partial charge in [-0.2, -0.15) is 0 Å². The van der Waals surface area contributed by atoms with Crippen molar-refractivity contribution < 1.29 is 19.6 Å². The molecule has 1 heterocycles. The van der Waals surface area contributed by atoms with Gasteiger partial charge in [-0.05, 0) is 31.9 Å². The first-order valence-electron chi connectivity index (χ1n) is 7.69. The first-order chi connectivity index (χ1) is 11.0. The van der Waals surface area contributed by atoms with E-state index in [0.29, 0.717) is 30.6 Å². The van der Waals surface area contributed by atoms with Crippen LogP contribution >= 0.6 is 0 Å². The molecular weight excluding hydrogens is 298 g/mol. The molecule has 3 N–H and O–H groups in total. The van der Waals surface area contributed by atoms with Crippen molar-refractivity contribution >= 4 is 23.4 Å². The summed E-state index contributed by atoms with van der Waals surface area (Å²) < 4.78 is 0. The maximum atomic E-state index is 12.5. The molecule has 0 unspecified atom stereocenters. The number of hydroxylamine groups is 1. The van der Waals surface area contributed by atoms with Gasteiger partial charge in [-0.15, -0.1) is 0 Å². The third kappa shape index (κ3) is 4.07. The van der Waals surface area contributed by atoms with Crippen LogP contribution in [-0.4, -0.2) is 35.5 Å². The summed E-state index contributed by atoms with van der Waals surface area (Å²) in [5.41, 5.74) is 2.70. The maximum Gasteiger partial charge on any atom is 0.254 e. The average Bonchev–Trinajstić information content (AvgIpc) is 2.64. The maximum absolute atomic E-state index is 12.5. The van der Waals surface area contributed by atoms with Gasteiger partial charge in [-0.25, -0.2) is 5.48 Å². The monoisotopic (exact) mass is 319 g/mol. The standard InChI is InChI=1S/C16H21N3O4/c1-11-16(22)19(10-6-2-3-9-14(20)18-23)13-8-5-4-7-12(13)15(21)17-11/h4-5,7-8,11,23H,2-3,6,9-10H2,1H3,(H,17,21)(H,18,20)/t11-/m1/s1. The minimum absolute atomic E-state index is 0.142. The van der Waals surface area contributed by atoms with Crippen LogP contribution in [0.2, 0.25) is 0 Å². The highest BCUT2D eigenvalue weighted by Crippen LogP contribution is 2.24. The van der Waals surface area contributed by atoms with Crippen molar-refractivity contribution in [2.45, 2.75) is 38.6 Å². The molecule has 23 heavy (non-hydrogen) atoms. The van der Waals surface area contributed by atoms with Crippen LogP contribution in [0.1, 0.15) is 43.0 Å². The Kier molecular flexibility index (Phi) is 5.70. The number of fused-ring (bicyclic) bond motifs is 1. The third-order valence-corrected chi connectivity index (χ3v) is 3.83. The molecule has 0 aromatic heterocycles. The van der Waals surface area contributed by atoms with Crippen LogP contribution in [0.15, 0.2) is 24.3 Å². The van der Waals surface area contributed by atoms with Crippen molar-refractivity contribution in [3.63, 3.8) is 0 Å². The van der Waals surface area contributed by atoms with E-state index in [2.05, 4.69) is 5.32 Å². The molecule has 0 saturated carbocycles. The summed E-state index contributed by atoms with van der Waals surface area (Å²) in [5.74, 6) is -0.801. The van der Waals surface area contributed by atoms with Gasteiger partial charge in [0.15, 0.2) is 0 Å². The molecule has 0 aliphatic carbocycles. The second-order valence-corrected chi connectivity index (χ2v) is 5.55. The van der Waals surface area contributed by atoms with E-state index in [0.717, 1.165) is 6.42 Å². The number of amides is 3. The number of hydrogen-bond donors (Lipinski definition) is 3. The lowest BCUT2D eigenvalue weighted by atomic mass is 10.1. The van der Waals surface area contributed by atoms with Crippen LogP contribution < -0.4 is 15.7 Å². The predicted molar refractivity (Wildman–Crippen MR) is 84.1 cm³/mol. The molecular formula is C16H21N3O4. The van der Waals surface area contributed by atoms with Crippen LogP contribution in [0.25, 0.3) is 0 Å². The van der Waals surface area contributed by atoms with Crippen molar-refractivity contribution in [3.8, 4) is 0 Å². The van der Waals surface area contributed by atoms with Gasteiger partial charge in [-0.1, -0.05) is 18.6 Å². The molecule has 1 atom stereocenters. The molecule has 0 bridgehead atoms. The molecule has 7 heteroatoms. The van der Waals surface area contributed by atoms with Crippen LogP contribution in [0, 0.1) is 0 Å². The molecule has 7 nitrogen and oxygen atoms in total. The number of para-hydroxylation sites is 1. The molecule has 1 aromatic rings. The van der Waals surface area contributed by atoms with Gasteiger partial charge >= 0.3 is 0 Å². The Morgan fingerprint density at radius 3 is 2.74 bits per heavy atom. The number of rotatable bonds is 6. The van der Waals surface area contributed by atoms with Crippen LogP contribution in [0.3, 0.4) is 0 Å². The number of carbonyl (C=O) groups excluding carboxylic acids is 3. The van der Waals surface area contributed by atoms with E-state index in [4.69, 9.17) is 5.21 Å². The number of carbonyl (C=O) groups is 3. The van der Waals surface area contributed by atoms with E-state index >= 15 is 0 Å². The number of hydrogen-bond acceptors (Lipinski definition) is 4. The van der Waals surface area contributed by atoms with Crippen molar-refractivity contribution in [1.29, 1.82) is 0 Å². The molecule has 1 aliphatic heterocycles. The van der Waals surface area contributed by atoms with Gasteiger partial charge in [0.1, 0.15) is 6.04 Å². The molecule has 0 radical (unpaired) electrons. The quantitative estimate of drug-likeness (QED) is 0.417. The van der Waals surface area contributed by atoms with Gasteiger partial charge in [0.05, 0.1) is 11.3 Å². The molecule has 124 valence electrons. The smallest absolute Gasteiger partial charge is 0.254 e. The largest absolute Gasteiger partial charge is 0.340 e. The van der Waals surface area contributed by atoms with E-state index in [1.54, 1.807) is 41.6 Å². The van der Waals surface area contributed by atoms with Crippen LogP contribution in [0.5, 0.6) is 0 Å². The summed E-state index contributed by atoms with van der Waals surface area (Å²) in [6.07, 6.45) is 2.33. The SMILES string of the molecule is C[C@H]1NC(=O)c2ccccc2N(CCCCCC(=O)NO)C1=O. The minimum atomic E-state index is -0.574. The minimum Gasteiger partial charge on any atom is -0.340 e. The Labute approximate surface area is 134 Å². The van der Waals surface area contributed by atoms with Crippen LogP contribution in [-0.2, 0) is 9.59 Å². The summed E-state index contributed by atoms with van der Waals surface area (Å²) in [6, 6.07) is 6.46. The molecule has 3 amide bonds. The second kappa shape index (κ2) is 7.73. The van der Waals surface area contributed by atoms with Gasteiger partial charge in [0.2, 0.25) is 11.8 Å². The number of anilines is 1. The van der Waals surface area contributed by atoms with Gasteiger partial charge in [0, 0.05) is 13.0 Å². The summed E-state index contributed by atoms with van der Waals surface area (Å²) >= 11 is 0. The highest BCUT2D eigenvalue weighted by atomic mass is 16.5. The predicted octanol–water partition coefficient (Wildman–Crippen LogP) is 1.22. The Hall–Kier alpha value is -2.41. The van der Waals surface area contributed by atoms with Crippen molar-refractivity contribution in [2.75, 3.05) is 11.4 Å². The fourth-order valence-corrected chi connectivity index (χ4v) is 2.61. The number of benzene rings is 1. The van der Waals surface area contributed by atoms with E-state index < -0.39 is 11.9 Å². The molecule has 0 saturated heterocycles. The summed E-state index contributed by atoms with van der Waals surface area (Å²) in [5, 5.41) is 11.1. The Bertz CT molecular complexity index is 603. The lowest BCUT2D eigenvalue weighted by Gasteiger charge is -2.24. The lowest BCUT2D eigenvalue weighted by Crippen LogP contribution is -2.44. The normalized spacial score (nSPS) is 17.3. The third-order valence-electron chi connectivity index (χ3n) is 3.83. The zero-order valence-electron chi connectivity index (χ0n) is 13.0. The van der Waals surface area contributed by atoms with E-state index in [9.17, 15) is 14.4 Å². The molecule has 2 rings (SSSR count). The molecule has 1 aliphatic rings. The Morgan fingerprint density at radius 1 is 1.26 bits per heavy atom. The summed E-state index contributed by atoms with van der Waals surface area (Å²) in [6.45, 7) is 2.15. The Morgan fingerprint density at radius 2 is 2.00 bits per heavy atom. The molecule has 1 aromatic carbocycles. The first kappa shape index (κ1) is 17.0. The zero-order chi connectivity index (χ0) is 16.8. The van der Waals surface area contributed by atoms with Crippen molar-refractivity contribution in [2.24, 2.45) is 0 Å². The summed E-state index contributed by atoms with van der Waals surface area (Å²) in [4.78, 5) is 37.2. The highest BCUT2D eigenvalue weighted by molar-refractivity contribution is 6.10. The van der Waals surface area contributed by atoms with Crippen molar-refractivity contribution in [1.82, 2.24) is 10.8 Å². The van der Waals surface area contributed by atoms with Gasteiger partial charge in [-0.3, -0.25) is 19.6 Å². The Balaban J connectivity index is 2.03. The van der Waals surface area contributed by atoms with Gasteiger partial charge < -0.3 is 10.2 Å². The summed E-state index contributed by atoms with van der Waals surface area (Å²) in [7, 11) is 0. The topological polar surface area (TPSA) is 98.7 Å². The average molecular weight is 319 g/mol.